The van der Waals surface area contributed by atoms with Crippen LogP contribution in [0.15, 0.2) is 0 Å². The summed E-state index contributed by atoms with van der Waals surface area (Å²) in [6.07, 6.45) is 5.32. The summed E-state index contributed by atoms with van der Waals surface area (Å²) in [5.74, 6) is 0.854. The van der Waals surface area contributed by atoms with E-state index in [4.69, 9.17) is 17.0 Å². The summed E-state index contributed by atoms with van der Waals surface area (Å²) in [5, 5.41) is 0.698. The monoisotopic (exact) mass is 214 g/mol. The molecule has 0 heterocycles. The molecule has 0 amide bonds. The zero-order valence-corrected chi connectivity index (χ0v) is 10.6. The van der Waals surface area contributed by atoms with Gasteiger partial charge in [0.1, 0.15) is 0 Å². The maximum atomic E-state index is 5.58. The second kappa shape index (κ2) is 4.61. The molecule has 1 aliphatic rings. The SMILES string of the molecule is CC(=S)OC1CCC(C(C)(C)C)CC1. The number of rotatable bonds is 1. The van der Waals surface area contributed by atoms with Gasteiger partial charge in [0.15, 0.2) is 5.05 Å². The predicted octanol–water partition coefficient (Wildman–Crippen LogP) is 3.96. The Morgan fingerprint density at radius 3 is 2.00 bits per heavy atom. The van der Waals surface area contributed by atoms with Gasteiger partial charge in [0.25, 0.3) is 0 Å². The summed E-state index contributed by atoms with van der Waals surface area (Å²) in [6.45, 7) is 8.88. The van der Waals surface area contributed by atoms with Crippen molar-refractivity contribution in [3.8, 4) is 0 Å². The Morgan fingerprint density at radius 2 is 1.64 bits per heavy atom. The molecule has 0 unspecified atom stereocenters. The van der Waals surface area contributed by atoms with Crippen molar-refractivity contribution in [3.05, 3.63) is 0 Å². The Labute approximate surface area is 93.2 Å². The van der Waals surface area contributed by atoms with Crippen LogP contribution < -0.4 is 0 Å². The molecule has 0 bridgehead atoms. The van der Waals surface area contributed by atoms with Crippen LogP contribution in [0.2, 0.25) is 0 Å². The lowest BCUT2D eigenvalue weighted by Gasteiger charge is -2.36. The van der Waals surface area contributed by atoms with Crippen molar-refractivity contribution < 1.29 is 4.74 Å². The van der Waals surface area contributed by atoms with E-state index in [1.54, 1.807) is 0 Å². The van der Waals surface area contributed by atoms with Crippen LogP contribution in [0.1, 0.15) is 53.4 Å². The van der Waals surface area contributed by atoms with Crippen molar-refractivity contribution in [1.82, 2.24) is 0 Å². The van der Waals surface area contributed by atoms with E-state index in [1.807, 2.05) is 6.92 Å². The molecule has 0 saturated heterocycles. The summed E-state index contributed by atoms with van der Waals surface area (Å²) >= 11 is 4.96. The topological polar surface area (TPSA) is 9.23 Å². The van der Waals surface area contributed by atoms with Gasteiger partial charge < -0.3 is 4.74 Å². The van der Waals surface area contributed by atoms with Gasteiger partial charge in [-0.15, -0.1) is 0 Å². The van der Waals surface area contributed by atoms with Gasteiger partial charge in [0, 0.05) is 6.92 Å². The third-order valence-corrected chi connectivity index (χ3v) is 3.33. The summed E-state index contributed by atoms with van der Waals surface area (Å²) in [5.41, 5.74) is 0.456. The van der Waals surface area contributed by atoms with E-state index >= 15 is 0 Å². The van der Waals surface area contributed by atoms with Crippen molar-refractivity contribution in [3.63, 3.8) is 0 Å². The molecule has 1 nitrogen and oxygen atoms in total. The van der Waals surface area contributed by atoms with Gasteiger partial charge in [-0.3, -0.25) is 0 Å². The third-order valence-electron chi connectivity index (χ3n) is 3.23. The maximum Gasteiger partial charge on any atom is 0.157 e. The normalized spacial score (nSPS) is 28.6. The second-order valence-electron chi connectivity index (χ2n) is 5.45. The quantitative estimate of drug-likeness (QED) is 0.611. The van der Waals surface area contributed by atoms with Gasteiger partial charge in [0.2, 0.25) is 0 Å². The van der Waals surface area contributed by atoms with Crippen LogP contribution in [0, 0.1) is 11.3 Å². The predicted molar refractivity (Wildman–Crippen MR) is 64.6 cm³/mol. The summed E-state index contributed by atoms with van der Waals surface area (Å²) < 4.78 is 5.58. The molecular weight excluding hydrogens is 192 g/mol. The van der Waals surface area contributed by atoms with Crippen LogP contribution in [-0.2, 0) is 4.74 Å². The molecule has 0 aromatic rings. The van der Waals surface area contributed by atoms with Crippen molar-refractivity contribution >= 4 is 17.3 Å². The minimum absolute atomic E-state index is 0.395. The van der Waals surface area contributed by atoms with E-state index in [1.165, 1.54) is 25.7 Å². The molecule has 1 aliphatic carbocycles. The van der Waals surface area contributed by atoms with E-state index < -0.39 is 0 Å². The van der Waals surface area contributed by atoms with E-state index in [0.717, 1.165) is 5.92 Å². The molecule has 1 saturated carbocycles. The molecule has 0 radical (unpaired) electrons. The molecule has 1 rings (SSSR count). The Bertz CT molecular complexity index is 197. The first-order valence-electron chi connectivity index (χ1n) is 5.57. The molecule has 0 N–H and O–H groups in total. The Hall–Kier alpha value is -0.110. The van der Waals surface area contributed by atoms with Gasteiger partial charge in [-0.2, -0.15) is 0 Å². The molecule has 1 fully saturated rings. The second-order valence-corrected chi connectivity index (χ2v) is 6.02. The fourth-order valence-electron chi connectivity index (χ4n) is 2.28. The van der Waals surface area contributed by atoms with Gasteiger partial charge in [0.05, 0.1) is 6.10 Å². The van der Waals surface area contributed by atoms with E-state index in [-0.39, 0.29) is 0 Å². The summed E-state index contributed by atoms with van der Waals surface area (Å²) in [4.78, 5) is 0. The number of hydrogen-bond donors (Lipinski definition) is 0. The van der Waals surface area contributed by atoms with Crippen molar-refractivity contribution in [2.45, 2.75) is 59.5 Å². The zero-order valence-electron chi connectivity index (χ0n) is 9.80. The van der Waals surface area contributed by atoms with Crippen LogP contribution in [0.5, 0.6) is 0 Å². The van der Waals surface area contributed by atoms with Crippen LogP contribution in [0.3, 0.4) is 0 Å². The van der Waals surface area contributed by atoms with Crippen LogP contribution >= 0.6 is 12.2 Å². The maximum absolute atomic E-state index is 5.58. The molecule has 0 atom stereocenters. The van der Waals surface area contributed by atoms with Crippen LogP contribution in [0.4, 0.5) is 0 Å². The Balaban J connectivity index is 2.35. The first-order valence-corrected chi connectivity index (χ1v) is 5.97. The highest BCUT2D eigenvalue weighted by molar-refractivity contribution is 7.80. The number of ether oxygens (including phenoxy) is 1. The van der Waals surface area contributed by atoms with Crippen LogP contribution in [0.25, 0.3) is 0 Å². The average molecular weight is 214 g/mol. The van der Waals surface area contributed by atoms with E-state index in [9.17, 15) is 0 Å². The highest BCUT2D eigenvalue weighted by Gasteiger charge is 2.30. The molecule has 0 aliphatic heterocycles. The smallest absolute Gasteiger partial charge is 0.157 e. The lowest BCUT2D eigenvalue weighted by molar-refractivity contribution is 0.0828. The lowest BCUT2D eigenvalue weighted by Crippen LogP contribution is -2.29. The molecule has 0 aromatic carbocycles. The molecule has 82 valence electrons. The van der Waals surface area contributed by atoms with Gasteiger partial charge in [-0.05, 0) is 49.2 Å². The third kappa shape index (κ3) is 3.56. The van der Waals surface area contributed by atoms with Crippen molar-refractivity contribution in [1.29, 1.82) is 0 Å². The standard InChI is InChI=1S/C12H22OS/c1-9(14)13-11-7-5-10(6-8-11)12(2,3)4/h10-11H,5-8H2,1-4H3. The average Bonchev–Trinajstić information content (AvgIpc) is 2.02. The largest absolute Gasteiger partial charge is 0.484 e. The van der Waals surface area contributed by atoms with Crippen molar-refractivity contribution in [2.75, 3.05) is 0 Å². The Kier molecular flexibility index (Phi) is 3.94. The van der Waals surface area contributed by atoms with Gasteiger partial charge >= 0.3 is 0 Å². The van der Waals surface area contributed by atoms with E-state index in [2.05, 4.69) is 20.8 Å². The number of thiocarbonyl (C=S) groups is 1. The van der Waals surface area contributed by atoms with Crippen LogP contribution in [-0.4, -0.2) is 11.2 Å². The first kappa shape index (κ1) is 12.0. The molecular formula is C12H22OS. The highest BCUT2D eigenvalue weighted by atomic mass is 32.1. The lowest BCUT2D eigenvalue weighted by atomic mass is 9.72. The van der Waals surface area contributed by atoms with Crippen molar-refractivity contribution in [2.24, 2.45) is 11.3 Å². The minimum atomic E-state index is 0.395. The molecule has 2 heteroatoms. The first-order chi connectivity index (χ1) is 6.39. The zero-order chi connectivity index (χ0) is 10.8. The Morgan fingerprint density at radius 1 is 1.14 bits per heavy atom. The number of hydrogen-bond acceptors (Lipinski definition) is 2. The summed E-state index contributed by atoms with van der Waals surface area (Å²) in [6, 6.07) is 0. The summed E-state index contributed by atoms with van der Waals surface area (Å²) in [7, 11) is 0. The fraction of sp³-hybridized carbons (Fsp3) is 0.917. The highest BCUT2D eigenvalue weighted by Crippen LogP contribution is 2.38. The molecule has 0 spiro atoms. The van der Waals surface area contributed by atoms with Gasteiger partial charge in [-0.1, -0.05) is 20.8 Å². The van der Waals surface area contributed by atoms with E-state index in [0.29, 0.717) is 16.6 Å². The fourth-order valence-corrected chi connectivity index (χ4v) is 2.42. The van der Waals surface area contributed by atoms with Gasteiger partial charge in [-0.25, -0.2) is 0 Å². The minimum Gasteiger partial charge on any atom is -0.484 e. The molecule has 0 aromatic heterocycles. The molecule has 14 heavy (non-hydrogen) atoms.